The zero-order chi connectivity index (χ0) is 22.3. The highest BCUT2D eigenvalue weighted by Crippen LogP contribution is 2.39. The summed E-state index contributed by atoms with van der Waals surface area (Å²) in [5, 5.41) is 0.557. The molecule has 0 saturated heterocycles. The summed E-state index contributed by atoms with van der Waals surface area (Å²) < 4.78 is 31.8. The number of imidazole rings is 1. The normalized spacial score (nSPS) is 11.7. The van der Waals surface area contributed by atoms with Crippen molar-refractivity contribution in [3.63, 3.8) is 0 Å². The van der Waals surface area contributed by atoms with E-state index in [1.807, 2.05) is 25.1 Å². The zero-order valence-corrected chi connectivity index (χ0v) is 19.5. The van der Waals surface area contributed by atoms with Crippen LogP contribution in [0.1, 0.15) is 5.56 Å². The Kier molecular flexibility index (Phi) is 5.63. The van der Waals surface area contributed by atoms with Gasteiger partial charge in [-0.3, -0.25) is 13.9 Å². The summed E-state index contributed by atoms with van der Waals surface area (Å²) in [4.78, 5) is 14.0. The molecule has 0 fully saturated rings. The summed E-state index contributed by atoms with van der Waals surface area (Å²) in [5.41, 5.74) is 2.47. The molecular weight excluding hydrogens is 454 g/mol. The molecule has 4 rings (SSSR count). The highest BCUT2D eigenvalue weighted by Gasteiger charge is 2.20. The second-order valence-corrected chi connectivity index (χ2v) is 10.4. The quantitative estimate of drug-likeness (QED) is 0.452. The molecule has 1 heterocycles. The largest absolute Gasteiger partial charge is 0.328 e. The predicted molar refractivity (Wildman–Crippen MR) is 126 cm³/mol. The minimum Gasteiger partial charge on any atom is -0.295 e. The Hall–Kier alpha value is -2.68. The maximum Gasteiger partial charge on any atom is 0.328 e. The molecule has 1 aromatic heterocycles. The Bertz CT molecular complexity index is 1460. The van der Waals surface area contributed by atoms with Crippen molar-refractivity contribution in [1.29, 1.82) is 0 Å². The van der Waals surface area contributed by atoms with Crippen LogP contribution in [0.4, 0.5) is 5.69 Å². The first-order valence-corrected chi connectivity index (χ1v) is 12.1. The van der Waals surface area contributed by atoms with Crippen molar-refractivity contribution in [1.82, 2.24) is 9.13 Å². The van der Waals surface area contributed by atoms with Gasteiger partial charge >= 0.3 is 5.69 Å². The summed E-state index contributed by atoms with van der Waals surface area (Å²) in [6.45, 7) is 1.89. The van der Waals surface area contributed by atoms with Crippen LogP contribution in [-0.2, 0) is 24.1 Å². The fourth-order valence-corrected chi connectivity index (χ4v) is 5.58. The summed E-state index contributed by atoms with van der Waals surface area (Å²) in [6.07, 6.45) is 0. The number of anilines is 1. The lowest BCUT2D eigenvalue weighted by Gasteiger charge is -2.14. The van der Waals surface area contributed by atoms with Crippen LogP contribution < -0.4 is 10.4 Å². The van der Waals surface area contributed by atoms with Gasteiger partial charge in [-0.15, -0.1) is 0 Å². The van der Waals surface area contributed by atoms with E-state index in [1.54, 1.807) is 56.6 Å². The summed E-state index contributed by atoms with van der Waals surface area (Å²) in [5.74, 6) is 0. The van der Waals surface area contributed by atoms with Gasteiger partial charge in [0.15, 0.2) is 0 Å². The molecule has 0 saturated carbocycles. The molecule has 4 aromatic rings. The minimum absolute atomic E-state index is 0.161. The third-order valence-electron chi connectivity index (χ3n) is 5.01. The van der Waals surface area contributed by atoms with Gasteiger partial charge in [-0.2, -0.15) is 0 Å². The topological polar surface area (TPSA) is 73.1 Å². The fraction of sp³-hybridized carbons (Fsp3) is 0.136. The number of hydrogen-bond donors (Lipinski definition) is 1. The second kappa shape index (κ2) is 8.11. The molecule has 3 aromatic carbocycles. The molecule has 31 heavy (non-hydrogen) atoms. The molecule has 1 N–H and O–H groups in total. The Balaban J connectivity index is 1.87. The molecule has 0 spiro atoms. The summed E-state index contributed by atoms with van der Waals surface area (Å²) in [7, 11) is -0.488. The Labute approximate surface area is 189 Å². The van der Waals surface area contributed by atoms with Crippen LogP contribution in [0.25, 0.3) is 11.0 Å². The van der Waals surface area contributed by atoms with Gasteiger partial charge in [0.05, 0.1) is 26.6 Å². The van der Waals surface area contributed by atoms with E-state index >= 15 is 0 Å². The van der Waals surface area contributed by atoms with Gasteiger partial charge in [0.1, 0.15) is 0 Å². The van der Waals surface area contributed by atoms with Gasteiger partial charge in [0.2, 0.25) is 0 Å². The number of rotatable bonds is 5. The molecule has 6 nitrogen and oxygen atoms in total. The number of fused-ring (bicyclic) bond motifs is 1. The van der Waals surface area contributed by atoms with Crippen LogP contribution in [-0.4, -0.2) is 17.6 Å². The number of halogens is 1. The van der Waals surface area contributed by atoms with E-state index in [-0.39, 0.29) is 10.6 Å². The van der Waals surface area contributed by atoms with Crippen LogP contribution in [0.2, 0.25) is 5.02 Å². The van der Waals surface area contributed by atoms with Crippen LogP contribution in [0.15, 0.2) is 80.1 Å². The second-order valence-electron chi connectivity index (χ2n) is 7.19. The highest BCUT2D eigenvalue weighted by molar-refractivity contribution is 7.99. The number of nitrogens with zero attached hydrogens (tertiary/aromatic N) is 2. The average molecular weight is 474 g/mol. The number of sulfonamides is 1. The molecule has 0 aliphatic heterocycles. The molecule has 9 heteroatoms. The van der Waals surface area contributed by atoms with Gasteiger partial charge in [-0.1, -0.05) is 53.2 Å². The third kappa shape index (κ3) is 4.11. The third-order valence-corrected chi connectivity index (χ3v) is 7.96. The smallest absolute Gasteiger partial charge is 0.295 e. The maximum atomic E-state index is 13.1. The van der Waals surface area contributed by atoms with Gasteiger partial charge in [-0.25, -0.2) is 13.2 Å². The van der Waals surface area contributed by atoms with E-state index in [9.17, 15) is 13.2 Å². The van der Waals surface area contributed by atoms with Crippen molar-refractivity contribution in [2.45, 2.75) is 21.6 Å². The highest BCUT2D eigenvalue weighted by atomic mass is 35.5. The molecule has 0 atom stereocenters. The lowest BCUT2D eigenvalue weighted by Crippen LogP contribution is -2.19. The van der Waals surface area contributed by atoms with E-state index in [2.05, 4.69) is 4.72 Å². The van der Waals surface area contributed by atoms with E-state index in [0.29, 0.717) is 26.6 Å². The molecule has 160 valence electrons. The molecule has 0 bridgehead atoms. The maximum absolute atomic E-state index is 13.1. The molecule has 0 unspecified atom stereocenters. The van der Waals surface area contributed by atoms with Gasteiger partial charge in [0.25, 0.3) is 10.0 Å². The number of aryl methyl sites for hydroxylation is 3. The van der Waals surface area contributed by atoms with Crippen molar-refractivity contribution >= 4 is 50.1 Å². The van der Waals surface area contributed by atoms with E-state index < -0.39 is 10.0 Å². The Morgan fingerprint density at radius 2 is 1.52 bits per heavy atom. The number of aromatic nitrogens is 2. The van der Waals surface area contributed by atoms with E-state index in [1.165, 1.54) is 20.9 Å². The van der Waals surface area contributed by atoms with Crippen LogP contribution in [0.5, 0.6) is 0 Å². The average Bonchev–Trinajstić information content (AvgIpc) is 2.94. The lowest BCUT2D eigenvalue weighted by molar-refractivity contribution is 0.601. The molecule has 0 aliphatic rings. The monoisotopic (exact) mass is 473 g/mol. The number of benzene rings is 3. The van der Waals surface area contributed by atoms with Crippen LogP contribution in [0.3, 0.4) is 0 Å². The van der Waals surface area contributed by atoms with Crippen molar-refractivity contribution in [2.75, 3.05) is 4.72 Å². The number of hydrogen-bond acceptors (Lipinski definition) is 4. The van der Waals surface area contributed by atoms with Gasteiger partial charge < -0.3 is 0 Å². The minimum atomic E-state index is -3.83. The lowest BCUT2D eigenvalue weighted by atomic mass is 10.2. The fourth-order valence-electron chi connectivity index (χ4n) is 3.26. The summed E-state index contributed by atoms with van der Waals surface area (Å²) in [6, 6.07) is 17.4. The summed E-state index contributed by atoms with van der Waals surface area (Å²) >= 11 is 7.66. The van der Waals surface area contributed by atoms with Crippen molar-refractivity contribution in [2.24, 2.45) is 14.1 Å². The molecule has 0 radical (unpaired) electrons. The molecule has 0 aliphatic carbocycles. The first-order valence-electron chi connectivity index (χ1n) is 9.39. The van der Waals surface area contributed by atoms with Crippen LogP contribution in [0, 0.1) is 6.92 Å². The Morgan fingerprint density at radius 3 is 2.16 bits per heavy atom. The molecule has 0 amide bonds. The van der Waals surface area contributed by atoms with Crippen molar-refractivity contribution in [3.8, 4) is 0 Å². The standard InChI is InChI=1S/C22H20ClN3O3S2/c1-14-8-10-15(11-9-14)31(28,29)24-17-12-18-19(26(3)22(27)25(18)2)13-21(17)30-20-7-5-4-6-16(20)23/h4-13,24H,1-3H3. The number of nitrogens with one attached hydrogen (secondary N) is 1. The molecular formula is C22H20ClN3O3S2. The van der Waals surface area contributed by atoms with Crippen molar-refractivity contribution < 1.29 is 8.42 Å². The Morgan fingerprint density at radius 1 is 0.903 bits per heavy atom. The van der Waals surface area contributed by atoms with Crippen molar-refractivity contribution in [3.05, 3.63) is 81.7 Å². The predicted octanol–water partition coefficient (Wildman–Crippen LogP) is 4.79. The van der Waals surface area contributed by atoms with E-state index in [0.717, 1.165) is 10.5 Å². The first kappa shape index (κ1) is 21.5. The van der Waals surface area contributed by atoms with E-state index in [4.69, 9.17) is 11.6 Å². The van der Waals surface area contributed by atoms with Gasteiger partial charge in [-0.05, 0) is 43.3 Å². The first-order chi connectivity index (χ1) is 14.7. The zero-order valence-electron chi connectivity index (χ0n) is 17.1. The van der Waals surface area contributed by atoms with Gasteiger partial charge in [0, 0.05) is 23.9 Å². The van der Waals surface area contributed by atoms with Crippen LogP contribution >= 0.6 is 23.4 Å². The SMILES string of the molecule is Cc1ccc(S(=O)(=O)Nc2cc3c(cc2Sc2ccccc2Cl)n(C)c(=O)n3C)cc1.